The molecule has 0 aliphatic rings. The number of aromatic nitrogens is 1. The Morgan fingerprint density at radius 2 is 1.57 bits per heavy atom. The third kappa shape index (κ3) is 2.45. The van der Waals surface area contributed by atoms with Crippen molar-refractivity contribution in [3.8, 4) is 21.3 Å². The van der Waals surface area contributed by atoms with Gasteiger partial charge in [-0.25, -0.2) is 0 Å². The Bertz CT molecular complexity index is 1460. The van der Waals surface area contributed by atoms with Crippen molar-refractivity contribution in [2.24, 2.45) is 0 Å². The molecule has 0 fully saturated rings. The number of furan rings is 1. The molecule has 28 heavy (non-hydrogen) atoms. The summed E-state index contributed by atoms with van der Waals surface area (Å²) < 4.78 is 8.94. The van der Waals surface area contributed by atoms with E-state index in [2.05, 4.69) is 72.8 Å². The monoisotopic (exact) mass is 425 g/mol. The van der Waals surface area contributed by atoms with Gasteiger partial charge in [0.05, 0.1) is 0 Å². The van der Waals surface area contributed by atoms with Gasteiger partial charge < -0.3 is 0 Å². The van der Waals surface area contributed by atoms with Crippen LogP contribution in [0.4, 0.5) is 0 Å². The SMILES string of the molecule is c1ccc(-c2cc3cc(-c4cccc5c4oc4ccccc45)ncc3[se]2)cc1. The predicted octanol–water partition coefficient (Wildman–Crippen LogP) is 6.53. The predicted molar refractivity (Wildman–Crippen MR) is 117 cm³/mol. The van der Waals surface area contributed by atoms with Crippen LogP contribution in [0, 0.1) is 0 Å². The van der Waals surface area contributed by atoms with E-state index < -0.39 is 0 Å². The number of fused-ring (bicyclic) bond motifs is 4. The first kappa shape index (κ1) is 15.9. The number of para-hydroxylation sites is 2. The summed E-state index contributed by atoms with van der Waals surface area (Å²) in [6.45, 7) is 0. The molecule has 0 unspecified atom stereocenters. The van der Waals surface area contributed by atoms with Gasteiger partial charge in [-0.1, -0.05) is 0 Å². The van der Waals surface area contributed by atoms with Crippen LogP contribution < -0.4 is 0 Å². The summed E-state index contributed by atoms with van der Waals surface area (Å²) in [6.07, 6.45) is 2.04. The molecule has 0 amide bonds. The zero-order chi connectivity index (χ0) is 18.5. The maximum atomic E-state index is 6.20. The molecule has 3 heterocycles. The third-order valence-corrected chi connectivity index (χ3v) is 7.52. The van der Waals surface area contributed by atoms with Crippen LogP contribution in [0.3, 0.4) is 0 Å². The quantitative estimate of drug-likeness (QED) is 0.296. The molecule has 0 N–H and O–H groups in total. The molecule has 0 radical (unpaired) electrons. The van der Waals surface area contributed by atoms with E-state index in [1.54, 1.807) is 0 Å². The molecule has 3 heteroatoms. The van der Waals surface area contributed by atoms with Gasteiger partial charge >= 0.3 is 168 Å². The molecule has 0 spiro atoms. The van der Waals surface area contributed by atoms with Crippen LogP contribution >= 0.6 is 0 Å². The van der Waals surface area contributed by atoms with Gasteiger partial charge in [0.25, 0.3) is 0 Å². The second kappa shape index (κ2) is 6.20. The van der Waals surface area contributed by atoms with Crippen molar-refractivity contribution < 1.29 is 4.42 Å². The average Bonchev–Trinajstić information content (AvgIpc) is 3.35. The van der Waals surface area contributed by atoms with Crippen molar-refractivity contribution in [1.29, 1.82) is 0 Å². The fraction of sp³-hybridized carbons (Fsp3) is 0. The number of benzene rings is 3. The Morgan fingerprint density at radius 1 is 0.750 bits per heavy atom. The van der Waals surface area contributed by atoms with Gasteiger partial charge in [0.2, 0.25) is 0 Å². The third-order valence-electron chi connectivity index (χ3n) is 5.14. The second-order valence-electron chi connectivity index (χ2n) is 6.86. The summed E-state index contributed by atoms with van der Waals surface area (Å²) in [5, 5.41) is 3.56. The number of pyridine rings is 1. The first-order chi connectivity index (χ1) is 13.9. The summed E-state index contributed by atoms with van der Waals surface area (Å²) >= 11 is 0.299. The zero-order valence-corrected chi connectivity index (χ0v) is 16.6. The molecule has 6 rings (SSSR count). The van der Waals surface area contributed by atoms with Crippen molar-refractivity contribution in [2.45, 2.75) is 0 Å². The van der Waals surface area contributed by atoms with Crippen LogP contribution in [-0.2, 0) is 0 Å². The van der Waals surface area contributed by atoms with Gasteiger partial charge in [0.1, 0.15) is 0 Å². The van der Waals surface area contributed by atoms with E-state index in [-0.39, 0.29) is 0 Å². The van der Waals surface area contributed by atoms with Gasteiger partial charge in [-0.15, -0.1) is 0 Å². The fourth-order valence-electron chi connectivity index (χ4n) is 3.79. The van der Waals surface area contributed by atoms with Crippen LogP contribution in [0.25, 0.3) is 52.8 Å². The molecular weight excluding hydrogens is 409 g/mol. The molecule has 3 aromatic heterocycles. The Kier molecular flexibility index (Phi) is 3.52. The minimum absolute atomic E-state index is 0.299. The molecule has 0 saturated carbocycles. The number of hydrogen-bond donors (Lipinski definition) is 0. The topological polar surface area (TPSA) is 26.0 Å². The summed E-state index contributed by atoms with van der Waals surface area (Å²) in [4.78, 5) is 4.79. The van der Waals surface area contributed by atoms with E-state index in [1.807, 2.05) is 18.3 Å². The van der Waals surface area contributed by atoms with Gasteiger partial charge in [-0.05, 0) is 0 Å². The molecule has 3 aromatic carbocycles. The number of rotatable bonds is 2. The summed E-state index contributed by atoms with van der Waals surface area (Å²) in [6, 6.07) is 29.6. The molecule has 0 bridgehead atoms. The van der Waals surface area contributed by atoms with Crippen molar-refractivity contribution in [3.05, 3.63) is 91.1 Å². The molecule has 0 saturated heterocycles. The summed E-state index contributed by atoms with van der Waals surface area (Å²) in [7, 11) is 0. The van der Waals surface area contributed by atoms with E-state index >= 15 is 0 Å². The van der Waals surface area contributed by atoms with Crippen LogP contribution in [0.1, 0.15) is 0 Å². The standard InChI is InChI=1S/C25H15NOSe/c1-2-7-16(8-3-1)23-14-17-13-21(26-15-24(17)28-23)20-11-6-10-19-18-9-4-5-12-22(18)27-25(19)20/h1-15H. The fourth-order valence-corrected chi connectivity index (χ4v) is 5.92. The van der Waals surface area contributed by atoms with Gasteiger partial charge in [-0.3, -0.25) is 0 Å². The molecule has 132 valence electrons. The van der Waals surface area contributed by atoms with Crippen molar-refractivity contribution >= 4 is 46.1 Å². The van der Waals surface area contributed by atoms with Crippen LogP contribution in [0.5, 0.6) is 0 Å². The van der Waals surface area contributed by atoms with Crippen molar-refractivity contribution in [1.82, 2.24) is 4.98 Å². The zero-order valence-electron chi connectivity index (χ0n) is 14.9. The second-order valence-corrected chi connectivity index (χ2v) is 9.14. The molecule has 0 atom stereocenters. The van der Waals surface area contributed by atoms with E-state index in [9.17, 15) is 0 Å². The van der Waals surface area contributed by atoms with E-state index in [0.29, 0.717) is 14.5 Å². The van der Waals surface area contributed by atoms with Gasteiger partial charge in [0, 0.05) is 0 Å². The Morgan fingerprint density at radius 3 is 2.50 bits per heavy atom. The summed E-state index contributed by atoms with van der Waals surface area (Å²) in [5.41, 5.74) is 5.14. The Labute approximate surface area is 167 Å². The van der Waals surface area contributed by atoms with Crippen molar-refractivity contribution in [3.63, 3.8) is 0 Å². The molecular formula is C25H15NOSe. The first-order valence-electron chi connectivity index (χ1n) is 9.22. The van der Waals surface area contributed by atoms with E-state index in [4.69, 9.17) is 9.40 Å². The van der Waals surface area contributed by atoms with E-state index in [1.165, 1.54) is 19.6 Å². The summed E-state index contributed by atoms with van der Waals surface area (Å²) in [5.74, 6) is 0. The van der Waals surface area contributed by atoms with Gasteiger partial charge in [-0.2, -0.15) is 0 Å². The Hall–Kier alpha value is -3.13. The van der Waals surface area contributed by atoms with Crippen LogP contribution in [0.15, 0.2) is 95.5 Å². The average molecular weight is 424 g/mol. The van der Waals surface area contributed by atoms with Crippen molar-refractivity contribution in [2.75, 3.05) is 0 Å². The minimum atomic E-state index is 0.299. The molecule has 0 aliphatic carbocycles. The first-order valence-corrected chi connectivity index (χ1v) is 10.9. The number of nitrogens with zero attached hydrogens (tertiary/aromatic N) is 1. The Balaban J connectivity index is 1.55. The van der Waals surface area contributed by atoms with Gasteiger partial charge in [0.15, 0.2) is 0 Å². The normalized spacial score (nSPS) is 11.6. The molecule has 0 aliphatic heterocycles. The van der Waals surface area contributed by atoms with Crippen LogP contribution in [0.2, 0.25) is 0 Å². The molecule has 6 aromatic rings. The van der Waals surface area contributed by atoms with Crippen LogP contribution in [-0.4, -0.2) is 19.5 Å². The maximum absolute atomic E-state index is 6.20. The van der Waals surface area contributed by atoms with E-state index in [0.717, 1.165) is 33.2 Å². The molecule has 2 nitrogen and oxygen atoms in total. The number of hydrogen-bond acceptors (Lipinski definition) is 2.